The SMILES string of the molecule is CCC(C)c1cccc2c(CCCCN)c(-c3nc4ccccc4n3C)[nH]c12. The van der Waals surface area contributed by atoms with Crippen LogP contribution in [0.1, 0.15) is 50.2 Å². The third kappa shape index (κ3) is 3.12. The maximum atomic E-state index is 5.76. The van der Waals surface area contributed by atoms with Crippen LogP contribution in [-0.2, 0) is 13.5 Å². The van der Waals surface area contributed by atoms with Crippen LogP contribution in [0.5, 0.6) is 0 Å². The molecule has 4 rings (SSSR count). The molecule has 1 atom stereocenters. The van der Waals surface area contributed by atoms with Crippen LogP contribution in [0.3, 0.4) is 0 Å². The Morgan fingerprint density at radius 1 is 1.11 bits per heavy atom. The van der Waals surface area contributed by atoms with Gasteiger partial charge in [-0.3, -0.25) is 0 Å². The Morgan fingerprint density at radius 2 is 1.93 bits per heavy atom. The van der Waals surface area contributed by atoms with Crippen LogP contribution >= 0.6 is 0 Å². The molecule has 0 aliphatic carbocycles. The van der Waals surface area contributed by atoms with Gasteiger partial charge in [-0.05, 0) is 61.4 Å². The minimum atomic E-state index is 0.521. The molecule has 2 aromatic heterocycles. The predicted molar refractivity (Wildman–Crippen MR) is 119 cm³/mol. The summed E-state index contributed by atoms with van der Waals surface area (Å²) in [6.45, 7) is 5.29. The van der Waals surface area contributed by atoms with Gasteiger partial charge in [0.25, 0.3) is 0 Å². The van der Waals surface area contributed by atoms with Crippen molar-refractivity contribution < 1.29 is 0 Å². The first kappa shape index (κ1) is 18.8. The van der Waals surface area contributed by atoms with Crippen LogP contribution in [-0.4, -0.2) is 21.1 Å². The van der Waals surface area contributed by atoms with E-state index in [0.717, 1.165) is 54.8 Å². The number of unbranched alkanes of at least 4 members (excludes halogenated alkanes) is 1. The van der Waals surface area contributed by atoms with Gasteiger partial charge in [-0.1, -0.05) is 44.2 Å². The van der Waals surface area contributed by atoms with Crippen LogP contribution < -0.4 is 5.73 Å². The van der Waals surface area contributed by atoms with Gasteiger partial charge in [-0.25, -0.2) is 4.98 Å². The molecule has 4 nitrogen and oxygen atoms in total. The molecule has 2 aromatic carbocycles. The van der Waals surface area contributed by atoms with Gasteiger partial charge < -0.3 is 15.3 Å². The summed E-state index contributed by atoms with van der Waals surface area (Å²) in [4.78, 5) is 8.75. The second-order valence-corrected chi connectivity index (χ2v) is 7.79. The second kappa shape index (κ2) is 7.80. The van der Waals surface area contributed by atoms with E-state index in [0.29, 0.717) is 5.92 Å². The number of benzene rings is 2. The third-order valence-corrected chi connectivity index (χ3v) is 6.01. The largest absolute Gasteiger partial charge is 0.352 e. The molecule has 0 aliphatic rings. The Hall–Kier alpha value is -2.59. The van der Waals surface area contributed by atoms with Crippen molar-refractivity contribution in [1.82, 2.24) is 14.5 Å². The number of H-pyrrole nitrogens is 1. The molecule has 0 fully saturated rings. The molecule has 0 saturated heterocycles. The fraction of sp³-hybridized carbons (Fsp3) is 0.375. The van der Waals surface area contributed by atoms with Gasteiger partial charge in [0.05, 0.1) is 16.7 Å². The first-order valence-corrected chi connectivity index (χ1v) is 10.4. The Labute approximate surface area is 166 Å². The van der Waals surface area contributed by atoms with E-state index < -0.39 is 0 Å². The number of rotatable bonds is 7. The quantitative estimate of drug-likeness (QED) is 0.419. The van der Waals surface area contributed by atoms with Crippen molar-refractivity contribution in [3.63, 3.8) is 0 Å². The number of para-hydroxylation sites is 3. The Morgan fingerprint density at radius 3 is 2.68 bits per heavy atom. The van der Waals surface area contributed by atoms with Crippen LogP contribution in [0, 0.1) is 0 Å². The van der Waals surface area contributed by atoms with E-state index in [1.54, 1.807) is 0 Å². The highest BCUT2D eigenvalue weighted by molar-refractivity contribution is 5.93. The summed E-state index contributed by atoms with van der Waals surface area (Å²) in [7, 11) is 2.11. The van der Waals surface area contributed by atoms with Gasteiger partial charge in [-0.2, -0.15) is 0 Å². The fourth-order valence-electron chi connectivity index (χ4n) is 4.19. The molecule has 0 bridgehead atoms. The summed E-state index contributed by atoms with van der Waals surface area (Å²) in [6, 6.07) is 15.0. The lowest BCUT2D eigenvalue weighted by Crippen LogP contribution is -2.00. The molecule has 0 spiro atoms. The number of nitrogens with zero attached hydrogens (tertiary/aromatic N) is 2. The van der Waals surface area contributed by atoms with Gasteiger partial charge in [-0.15, -0.1) is 0 Å². The lowest BCUT2D eigenvalue weighted by molar-refractivity contribution is 0.738. The number of nitrogens with one attached hydrogen (secondary N) is 1. The molecule has 0 saturated carbocycles. The molecular formula is C24H30N4. The lowest BCUT2D eigenvalue weighted by Gasteiger charge is -2.10. The summed E-state index contributed by atoms with van der Waals surface area (Å²) in [6.07, 6.45) is 4.27. The zero-order valence-electron chi connectivity index (χ0n) is 17.1. The molecule has 1 unspecified atom stereocenters. The third-order valence-electron chi connectivity index (χ3n) is 6.01. The van der Waals surface area contributed by atoms with Gasteiger partial charge >= 0.3 is 0 Å². The van der Waals surface area contributed by atoms with E-state index in [4.69, 9.17) is 10.7 Å². The van der Waals surface area contributed by atoms with Crippen molar-refractivity contribution in [2.45, 2.75) is 45.4 Å². The summed E-state index contributed by atoms with van der Waals surface area (Å²) in [5.41, 5.74) is 13.1. The highest BCUT2D eigenvalue weighted by Crippen LogP contribution is 2.36. The van der Waals surface area contributed by atoms with Crippen LogP contribution in [0.15, 0.2) is 42.5 Å². The maximum absolute atomic E-state index is 5.76. The number of aromatic nitrogens is 3. The van der Waals surface area contributed by atoms with Crippen molar-refractivity contribution in [1.29, 1.82) is 0 Å². The van der Waals surface area contributed by atoms with Gasteiger partial charge in [0.2, 0.25) is 0 Å². The molecule has 4 aromatic rings. The first-order chi connectivity index (χ1) is 13.7. The molecule has 4 heteroatoms. The molecule has 3 N–H and O–H groups in total. The van der Waals surface area contributed by atoms with E-state index in [-0.39, 0.29) is 0 Å². The minimum absolute atomic E-state index is 0.521. The molecule has 0 radical (unpaired) electrons. The smallest absolute Gasteiger partial charge is 0.157 e. The summed E-state index contributed by atoms with van der Waals surface area (Å²) in [5, 5.41) is 1.33. The molecule has 0 amide bonds. The zero-order chi connectivity index (χ0) is 19.7. The standard InChI is InChI=1S/C24H30N4/c1-4-16(2)17-11-9-12-18-19(10-7-8-15-25)23(27-22(17)18)24-26-20-13-5-6-14-21(20)28(24)3/h5-6,9,11-14,16,27H,4,7-8,10,15,25H2,1-3H3. The molecule has 2 heterocycles. The fourth-order valence-corrected chi connectivity index (χ4v) is 4.19. The monoisotopic (exact) mass is 374 g/mol. The number of imidazole rings is 1. The second-order valence-electron chi connectivity index (χ2n) is 7.79. The molecular weight excluding hydrogens is 344 g/mol. The van der Waals surface area contributed by atoms with E-state index >= 15 is 0 Å². The zero-order valence-corrected chi connectivity index (χ0v) is 17.1. The number of nitrogens with two attached hydrogens (primary N) is 1. The Balaban J connectivity index is 1.95. The summed E-state index contributed by atoms with van der Waals surface area (Å²) >= 11 is 0. The van der Waals surface area contributed by atoms with Crippen molar-refractivity contribution in [3.8, 4) is 11.5 Å². The number of aromatic amines is 1. The van der Waals surface area contributed by atoms with Crippen LogP contribution in [0.4, 0.5) is 0 Å². The van der Waals surface area contributed by atoms with Gasteiger partial charge in [0, 0.05) is 18.0 Å². The van der Waals surface area contributed by atoms with Gasteiger partial charge in [0.1, 0.15) is 0 Å². The highest BCUT2D eigenvalue weighted by atomic mass is 15.1. The van der Waals surface area contributed by atoms with Crippen LogP contribution in [0.25, 0.3) is 33.5 Å². The Bertz CT molecular complexity index is 1100. The van der Waals surface area contributed by atoms with Crippen molar-refractivity contribution in [3.05, 3.63) is 53.6 Å². The Kier molecular flexibility index (Phi) is 5.23. The number of aryl methyl sites for hydroxylation is 2. The first-order valence-electron chi connectivity index (χ1n) is 10.4. The molecule has 0 aliphatic heterocycles. The lowest BCUT2D eigenvalue weighted by atomic mass is 9.95. The normalized spacial score (nSPS) is 12.9. The number of hydrogen-bond acceptors (Lipinski definition) is 2. The molecule has 28 heavy (non-hydrogen) atoms. The maximum Gasteiger partial charge on any atom is 0.157 e. The molecule has 146 valence electrons. The minimum Gasteiger partial charge on any atom is -0.352 e. The van der Waals surface area contributed by atoms with E-state index in [1.165, 1.54) is 22.0 Å². The van der Waals surface area contributed by atoms with E-state index in [2.05, 4.69) is 66.8 Å². The summed E-state index contributed by atoms with van der Waals surface area (Å²) < 4.78 is 2.20. The van der Waals surface area contributed by atoms with Crippen molar-refractivity contribution in [2.24, 2.45) is 12.8 Å². The predicted octanol–water partition coefficient (Wildman–Crippen LogP) is 5.52. The number of fused-ring (bicyclic) bond motifs is 2. The average molecular weight is 375 g/mol. The van der Waals surface area contributed by atoms with E-state index in [1.807, 2.05) is 6.07 Å². The van der Waals surface area contributed by atoms with E-state index in [9.17, 15) is 0 Å². The highest BCUT2D eigenvalue weighted by Gasteiger charge is 2.20. The summed E-state index contributed by atoms with van der Waals surface area (Å²) in [5.74, 6) is 1.53. The van der Waals surface area contributed by atoms with Crippen molar-refractivity contribution >= 4 is 21.9 Å². The van der Waals surface area contributed by atoms with Crippen molar-refractivity contribution in [2.75, 3.05) is 6.54 Å². The number of hydrogen-bond donors (Lipinski definition) is 2. The van der Waals surface area contributed by atoms with Crippen LogP contribution in [0.2, 0.25) is 0 Å². The topological polar surface area (TPSA) is 59.6 Å². The average Bonchev–Trinajstić information content (AvgIpc) is 3.25. The van der Waals surface area contributed by atoms with Gasteiger partial charge in [0.15, 0.2) is 5.82 Å².